The predicted octanol–water partition coefficient (Wildman–Crippen LogP) is 2.24. The second kappa shape index (κ2) is 5.26. The fourth-order valence-corrected chi connectivity index (χ4v) is 1.73. The van der Waals surface area contributed by atoms with Crippen LogP contribution >= 0.6 is 11.3 Å². The SMILES string of the molecule is CC(NC(=O)CN=[N+]=[N-])c1cccs1. The van der Waals surface area contributed by atoms with Gasteiger partial charge in [-0.2, -0.15) is 0 Å². The molecule has 14 heavy (non-hydrogen) atoms. The first-order valence-corrected chi connectivity index (χ1v) is 4.95. The average molecular weight is 210 g/mol. The van der Waals surface area contributed by atoms with Crippen LogP contribution in [-0.4, -0.2) is 12.5 Å². The van der Waals surface area contributed by atoms with Gasteiger partial charge in [0.25, 0.3) is 0 Å². The minimum Gasteiger partial charge on any atom is -0.349 e. The molecule has 1 aromatic rings. The number of thiophene rings is 1. The van der Waals surface area contributed by atoms with E-state index in [2.05, 4.69) is 15.3 Å². The minimum atomic E-state index is -0.260. The monoisotopic (exact) mass is 210 g/mol. The number of hydrogen-bond donors (Lipinski definition) is 1. The van der Waals surface area contributed by atoms with Crippen molar-refractivity contribution in [2.24, 2.45) is 5.11 Å². The lowest BCUT2D eigenvalue weighted by molar-refractivity contribution is -0.120. The van der Waals surface area contributed by atoms with Crippen LogP contribution in [0.1, 0.15) is 17.8 Å². The molecule has 0 aliphatic heterocycles. The molecule has 1 N–H and O–H groups in total. The molecule has 0 radical (unpaired) electrons. The van der Waals surface area contributed by atoms with Gasteiger partial charge in [0.2, 0.25) is 5.91 Å². The molecular weight excluding hydrogens is 200 g/mol. The zero-order valence-corrected chi connectivity index (χ0v) is 8.49. The molecule has 0 aliphatic carbocycles. The number of nitrogens with zero attached hydrogens (tertiary/aromatic N) is 3. The van der Waals surface area contributed by atoms with Gasteiger partial charge in [0.05, 0.1) is 6.04 Å². The van der Waals surface area contributed by atoms with Crippen LogP contribution in [-0.2, 0) is 4.79 Å². The molecule has 1 rings (SSSR count). The second-order valence-corrected chi connectivity index (χ2v) is 3.67. The molecule has 5 nitrogen and oxygen atoms in total. The van der Waals surface area contributed by atoms with Crippen molar-refractivity contribution in [3.05, 3.63) is 32.8 Å². The van der Waals surface area contributed by atoms with E-state index in [9.17, 15) is 4.79 Å². The Kier molecular flexibility index (Phi) is 3.97. The van der Waals surface area contributed by atoms with Crippen molar-refractivity contribution in [3.8, 4) is 0 Å². The molecule has 0 aromatic carbocycles. The van der Waals surface area contributed by atoms with Crippen LogP contribution in [0.3, 0.4) is 0 Å². The number of azide groups is 1. The van der Waals surface area contributed by atoms with Gasteiger partial charge in [-0.1, -0.05) is 11.2 Å². The highest BCUT2D eigenvalue weighted by Crippen LogP contribution is 2.17. The third kappa shape index (κ3) is 3.08. The number of carbonyl (C=O) groups excluding carboxylic acids is 1. The summed E-state index contributed by atoms with van der Waals surface area (Å²) in [4.78, 5) is 14.7. The Morgan fingerprint density at radius 3 is 3.21 bits per heavy atom. The summed E-state index contributed by atoms with van der Waals surface area (Å²) in [6, 6.07) is 3.84. The molecule has 1 heterocycles. The Morgan fingerprint density at radius 1 is 1.86 bits per heavy atom. The minimum absolute atomic E-state index is 0.0311. The van der Waals surface area contributed by atoms with Gasteiger partial charge in [0.15, 0.2) is 0 Å². The maximum absolute atomic E-state index is 11.1. The van der Waals surface area contributed by atoms with Gasteiger partial charge in [-0.05, 0) is 23.9 Å². The summed E-state index contributed by atoms with van der Waals surface area (Å²) in [6.07, 6.45) is 0. The molecule has 0 fully saturated rings. The lowest BCUT2D eigenvalue weighted by Crippen LogP contribution is -2.27. The second-order valence-electron chi connectivity index (χ2n) is 2.69. The Hall–Kier alpha value is -1.52. The van der Waals surface area contributed by atoms with Gasteiger partial charge >= 0.3 is 0 Å². The number of rotatable bonds is 4. The normalized spacial score (nSPS) is 11.5. The van der Waals surface area contributed by atoms with Gasteiger partial charge in [-0.3, -0.25) is 4.79 Å². The summed E-state index contributed by atoms with van der Waals surface area (Å²) in [5, 5.41) is 7.85. The summed E-state index contributed by atoms with van der Waals surface area (Å²) in [7, 11) is 0. The average Bonchev–Trinajstić information content (AvgIpc) is 2.67. The summed E-state index contributed by atoms with van der Waals surface area (Å²) >= 11 is 1.58. The van der Waals surface area contributed by atoms with Crippen LogP contribution in [0.15, 0.2) is 22.6 Å². The van der Waals surface area contributed by atoms with E-state index >= 15 is 0 Å². The largest absolute Gasteiger partial charge is 0.349 e. The van der Waals surface area contributed by atoms with E-state index in [0.717, 1.165) is 4.88 Å². The number of nitrogens with one attached hydrogen (secondary N) is 1. The zero-order valence-electron chi connectivity index (χ0n) is 7.67. The molecule has 1 amide bonds. The van der Waals surface area contributed by atoms with Crippen LogP contribution in [0.5, 0.6) is 0 Å². The van der Waals surface area contributed by atoms with Crippen LogP contribution in [0.25, 0.3) is 10.4 Å². The quantitative estimate of drug-likeness (QED) is 0.461. The van der Waals surface area contributed by atoms with Gasteiger partial charge in [0.1, 0.15) is 6.54 Å². The summed E-state index contributed by atoms with van der Waals surface area (Å²) < 4.78 is 0. The number of amides is 1. The van der Waals surface area contributed by atoms with Crippen LogP contribution in [0.2, 0.25) is 0 Å². The fourth-order valence-electron chi connectivity index (χ4n) is 0.992. The molecule has 0 aliphatic rings. The van der Waals surface area contributed by atoms with Crippen LogP contribution in [0.4, 0.5) is 0 Å². The van der Waals surface area contributed by atoms with E-state index in [1.807, 2.05) is 24.4 Å². The van der Waals surface area contributed by atoms with E-state index in [4.69, 9.17) is 5.53 Å². The van der Waals surface area contributed by atoms with Crippen molar-refractivity contribution in [3.63, 3.8) is 0 Å². The molecule has 1 unspecified atom stereocenters. The van der Waals surface area contributed by atoms with Crippen molar-refractivity contribution in [1.29, 1.82) is 0 Å². The van der Waals surface area contributed by atoms with Crippen LogP contribution in [0, 0.1) is 0 Å². The third-order valence-electron chi connectivity index (χ3n) is 1.63. The van der Waals surface area contributed by atoms with E-state index in [0.29, 0.717) is 0 Å². The number of hydrogen-bond acceptors (Lipinski definition) is 3. The van der Waals surface area contributed by atoms with E-state index in [-0.39, 0.29) is 18.5 Å². The van der Waals surface area contributed by atoms with Crippen molar-refractivity contribution < 1.29 is 4.79 Å². The highest BCUT2D eigenvalue weighted by atomic mass is 32.1. The van der Waals surface area contributed by atoms with Crippen molar-refractivity contribution >= 4 is 17.2 Å². The standard InChI is InChI=1S/C8H10N4OS/c1-6(7-3-2-4-14-7)11-8(13)5-10-12-9/h2-4,6H,5H2,1H3,(H,11,13). The summed E-state index contributed by atoms with van der Waals surface area (Å²) in [5.41, 5.74) is 8.01. The maximum atomic E-state index is 11.1. The Labute approximate surface area is 85.4 Å². The van der Waals surface area contributed by atoms with Crippen molar-refractivity contribution in [2.75, 3.05) is 6.54 Å². The predicted molar refractivity (Wildman–Crippen MR) is 54.9 cm³/mol. The van der Waals surface area contributed by atoms with E-state index < -0.39 is 0 Å². The van der Waals surface area contributed by atoms with Gasteiger partial charge in [0, 0.05) is 9.79 Å². The molecule has 74 valence electrons. The third-order valence-corrected chi connectivity index (χ3v) is 2.68. The Balaban J connectivity index is 2.44. The summed E-state index contributed by atoms with van der Waals surface area (Å²) in [5.74, 6) is -0.260. The fraction of sp³-hybridized carbons (Fsp3) is 0.375. The molecular formula is C8H10N4OS. The first-order chi connectivity index (χ1) is 6.74. The first kappa shape index (κ1) is 10.6. The summed E-state index contributed by atoms with van der Waals surface area (Å²) in [6.45, 7) is 1.74. The topological polar surface area (TPSA) is 77.9 Å². The maximum Gasteiger partial charge on any atom is 0.226 e. The molecule has 0 saturated carbocycles. The molecule has 0 spiro atoms. The van der Waals surface area contributed by atoms with Gasteiger partial charge in [-0.15, -0.1) is 11.3 Å². The zero-order chi connectivity index (χ0) is 10.4. The lowest BCUT2D eigenvalue weighted by Gasteiger charge is -2.10. The highest BCUT2D eigenvalue weighted by molar-refractivity contribution is 7.10. The molecule has 1 atom stereocenters. The van der Waals surface area contributed by atoms with Crippen LogP contribution < -0.4 is 5.32 Å². The Morgan fingerprint density at radius 2 is 2.64 bits per heavy atom. The van der Waals surface area contributed by atoms with Crippen molar-refractivity contribution in [1.82, 2.24) is 5.32 Å². The molecule has 0 bridgehead atoms. The Bertz CT molecular complexity index is 342. The number of carbonyl (C=O) groups is 1. The smallest absolute Gasteiger partial charge is 0.226 e. The lowest BCUT2D eigenvalue weighted by atomic mass is 10.3. The molecule has 0 saturated heterocycles. The molecule has 6 heteroatoms. The van der Waals surface area contributed by atoms with Crippen molar-refractivity contribution in [2.45, 2.75) is 13.0 Å². The van der Waals surface area contributed by atoms with Gasteiger partial charge in [-0.25, -0.2) is 0 Å². The first-order valence-electron chi connectivity index (χ1n) is 4.07. The van der Waals surface area contributed by atoms with E-state index in [1.54, 1.807) is 11.3 Å². The van der Waals surface area contributed by atoms with E-state index in [1.165, 1.54) is 0 Å². The molecule has 1 aromatic heterocycles. The highest BCUT2D eigenvalue weighted by Gasteiger charge is 2.08. The van der Waals surface area contributed by atoms with Gasteiger partial charge < -0.3 is 5.32 Å².